The van der Waals surface area contributed by atoms with E-state index in [0.29, 0.717) is 6.42 Å². The molecule has 3 nitrogen and oxygen atoms in total. The molecule has 1 aliphatic rings. The molecule has 0 radical (unpaired) electrons. The summed E-state index contributed by atoms with van der Waals surface area (Å²) in [7, 11) is 1.95. The van der Waals surface area contributed by atoms with Crippen LogP contribution >= 0.6 is 0 Å². The minimum atomic E-state index is 0.137. The number of carbonyl (C=O) groups is 1. The fourth-order valence-corrected chi connectivity index (χ4v) is 2.60. The van der Waals surface area contributed by atoms with Crippen molar-refractivity contribution in [2.45, 2.75) is 52.4 Å². The van der Waals surface area contributed by atoms with E-state index >= 15 is 0 Å². The first-order chi connectivity index (χ1) is 8.03. The van der Waals surface area contributed by atoms with Gasteiger partial charge in [-0.05, 0) is 24.8 Å². The van der Waals surface area contributed by atoms with Gasteiger partial charge in [-0.15, -0.1) is 0 Å². The van der Waals surface area contributed by atoms with Crippen LogP contribution in [0.1, 0.15) is 52.4 Å². The summed E-state index contributed by atoms with van der Waals surface area (Å²) in [5.41, 5.74) is 0.137. The molecule has 0 aromatic carbocycles. The van der Waals surface area contributed by atoms with Crippen LogP contribution in [0.2, 0.25) is 0 Å². The number of amides is 1. The number of nitrogens with one attached hydrogen (secondary N) is 2. The summed E-state index contributed by atoms with van der Waals surface area (Å²) in [6.07, 6.45) is 7.18. The van der Waals surface area contributed by atoms with Crippen molar-refractivity contribution in [3.05, 3.63) is 0 Å². The SMILES string of the molecule is CNCC(C)(C)CNC(=O)CCC1CCCC1. The largest absolute Gasteiger partial charge is 0.356 e. The van der Waals surface area contributed by atoms with Crippen molar-refractivity contribution in [3.8, 4) is 0 Å². The van der Waals surface area contributed by atoms with E-state index in [1.54, 1.807) is 0 Å². The summed E-state index contributed by atoms with van der Waals surface area (Å²) >= 11 is 0. The zero-order valence-corrected chi connectivity index (χ0v) is 11.6. The molecule has 0 aromatic rings. The minimum Gasteiger partial charge on any atom is -0.356 e. The Morgan fingerprint density at radius 2 is 1.88 bits per heavy atom. The van der Waals surface area contributed by atoms with Crippen LogP contribution in [-0.4, -0.2) is 26.0 Å². The first-order valence-electron chi connectivity index (χ1n) is 6.95. The number of carbonyl (C=O) groups excluding carboxylic acids is 1. The average molecular weight is 240 g/mol. The Hall–Kier alpha value is -0.570. The molecule has 2 N–H and O–H groups in total. The van der Waals surface area contributed by atoms with Gasteiger partial charge in [-0.1, -0.05) is 39.5 Å². The van der Waals surface area contributed by atoms with Crippen LogP contribution in [0.25, 0.3) is 0 Å². The van der Waals surface area contributed by atoms with Crippen LogP contribution in [0, 0.1) is 11.3 Å². The van der Waals surface area contributed by atoms with Crippen LogP contribution in [-0.2, 0) is 4.79 Å². The summed E-state index contributed by atoms with van der Waals surface area (Å²) in [6, 6.07) is 0. The van der Waals surface area contributed by atoms with Gasteiger partial charge in [0.1, 0.15) is 0 Å². The third-order valence-electron chi connectivity index (χ3n) is 3.67. The zero-order chi connectivity index (χ0) is 12.7. The summed E-state index contributed by atoms with van der Waals surface area (Å²) < 4.78 is 0. The van der Waals surface area contributed by atoms with Crippen LogP contribution in [0.4, 0.5) is 0 Å². The smallest absolute Gasteiger partial charge is 0.220 e. The molecule has 0 saturated heterocycles. The van der Waals surface area contributed by atoms with Gasteiger partial charge >= 0.3 is 0 Å². The van der Waals surface area contributed by atoms with Crippen molar-refractivity contribution < 1.29 is 4.79 Å². The molecule has 1 saturated carbocycles. The van der Waals surface area contributed by atoms with Gasteiger partial charge in [0.25, 0.3) is 0 Å². The van der Waals surface area contributed by atoms with Crippen molar-refractivity contribution in [2.75, 3.05) is 20.1 Å². The van der Waals surface area contributed by atoms with Crippen molar-refractivity contribution in [3.63, 3.8) is 0 Å². The topological polar surface area (TPSA) is 41.1 Å². The Balaban J connectivity index is 2.11. The fraction of sp³-hybridized carbons (Fsp3) is 0.929. The van der Waals surface area contributed by atoms with E-state index in [2.05, 4.69) is 24.5 Å². The third kappa shape index (κ3) is 6.06. The van der Waals surface area contributed by atoms with Gasteiger partial charge in [0.05, 0.1) is 0 Å². The van der Waals surface area contributed by atoms with E-state index in [9.17, 15) is 4.79 Å². The van der Waals surface area contributed by atoms with Gasteiger partial charge in [0.2, 0.25) is 5.91 Å². The molecule has 0 unspecified atom stereocenters. The molecular formula is C14H28N2O. The molecule has 1 amide bonds. The van der Waals surface area contributed by atoms with E-state index < -0.39 is 0 Å². The van der Waals surface area contributed by atoms with E-state index in [-0.39, 0.29) is 11.3 Å². The Bertz CT molecular complexity index is 232. The summed E-state index contributed by atoms with van der Waals surface area (Å²) in [4.78, 5) is 11.7. The molecule has 0 aliphatic heterocycles. The minimum absolute atomic E-state index is 0.137. The van der Waals surface area contributed by atoms with Gasteiger partial charge < -0.3 is 10.6 Å². The van der Waals surface area contributed by atoms with Crippen LogP contribution < -0.4 is 10.6 Å². The van der Waals surface area contributed by atoms with Gasteiger partial charge in [0.15, 0.2) is 0 Å². The maximum Gasteiger partial charge on any atom is 0.220 e. The number of rotatable bonds is 7. The predicted octanol–water partition coefficient (Wildman–Crippen LogP) is 2.32. The highest BCUT2D eigenvalue weighted by Crippen LogP contribution is 2.28. The second kappa shape index (κ2) is 7.00. The maximum atomic E-state index is 11.7. The molecule has 1 aliphatic carbocycles. The summed E-state index contributed by atoms with van der Waals surface area (Å²) in [5.74, 6) is 1.03. The lowest BCUT2D eigenvalue weighted by molar-refractivity contribution is -0.121. The third-order valence-corrected chi connectivity index (χ3v) is 3.67. The van der Waals surface area contributed by atoms with Crippen LogP contribution in [0.15, 0.2) is 0 Å². The first-order valence-corrected chi connectivity index (χ1v) is 6.95. The molecule has 3 heteroatoms. The summed E-state index contributed by atoms with van der Waals surface area (Å²) in [6.45, 7) is 6.02. The van der Waals surface area contributed by atoms with Gasteiger partial charge in [-0.25, -0.2) is 0 Å². The standard InChI is InChI=1S/C14H28N2O/c1-14(2,10-15-3)11-16-13(17)9-8-12-6-4-5-7-12/h12,15H,4-11H2,1-3H3,(H,16,17). The highest BCUT2D eigenvalue weighted by Gasteiger charge is 2.19. The van der Waals surface area contributed by atoms with E-state index in [0.717, 1.165) is 25.4 Å². The number of hydrogen-bond donors (Lipinski definition) is 2. The second-order valence-electron chi connectivity index (χ2n) is 6.16. The molecule has 1 rings (SSSR count). The second-order valence-corrected chi connectivity index (χ2v) is 6.16. The predicted molar refractivity (Wildman–Crippen MR) is 71.9 cm³/mol. The Morgan fingerprint density at radius 1 is 1.24 bits per heavy atom. The normalized spacial score (nSPS) is 17.4. The van der Waals surface area contributed by atoms with E-state index in [4.69, 9.17) is 0 Å². The van der Waals surface area contributed by atoms with Gasteiger partial charge in [0, 0.05) is 19.5 Å². The molecule has 17 heavy (non-hydrogen) atoms. The molecule has 0 atom stereocenters. The Labute approximate surface area is 106 Å². The van der Waals surface area contributed by atoms with E-state index in [1.807, 2.05) is 7.05 Å². The van der Waals surface area contributed by atoms with E-state index in [1.165, 1.54) is 25.7 Å². The monoisotopic (exact) mass is 240 g/mol. The lowest BCUT2D eigenvalue weighted by Crippen LogP contribution is -2.39. The Morgan fingerprint density at radius 3 is 2.47 bits per heavy atom. The van der Waals surface area contributed by atoms with Crippen molar-refractivity contribution in [2.24, 2.45) is 11.3 Å². The van der Waals surface area contributed by atoms with Crippen molar-refractivity contribution in [1.29, 1.82) is 0 Å². The highest BCUT2D eigenvalue weighted by atomic mass is 16.1. The lowest BCUT2D eigenvalue weighted by Gasteiger charge is -2.24. The lowest BCUT2D eigenvalue weighted by atomic mass is 9.93. The molecule has 0 aromatic heterocycles. The van der Waals surface area contributed by atoms with Crippen molar-refractivity contribution in [1.82, 2.24) is 10.6 Å². The quantitative estimate of drug-likeness (QED) is 0.717. The van der Waals surface area contributed by atoms with Gasteiger partial charge in [-0.3, -0.25) is 4.79 Å². The maximum absolute atomic E-state index is 11.7. The number of hydrogen-bond acceptors (Lipinski definition) is 2. The van der Waals surface area contributed by atoms with Crippen LogP contribution in [0.3, 0.4) is 0 Å². The van der Waals surface area contributed by atoms with Gasteiger partial charge in [-0.2, -0.15) is 0 Å². The summed E-state index contributed by atoms with van der Waals surface area (Å²) in [5, 5.41) is 6.21. The average Bonchev–Trinajstić information content (AvgIpc) is 2.76. The molecule has 0 heterocycles. The zero-order valence-electron chi connectivity index (χ0n) is 11.6. The first kappa shape index (κ1) is 14.5. The Kier molecular flexibility index (Phi) is 5.96. The molecule has 1 fully saturated rings. The molecule has 100 valence electrons. The highest BCUT2D eigenvalue weighted by molar-refractivity contribution is 5.75. The molecule has 0 bridgehead atoms. The molecular weight excluding hydrogens is 212 g/mol. The van der Waals surface area contributed by atoms with Crippen molar-refractivity contribution >= 4 is 5.91 Å². The molecule has 0 spiro atoms. The fourth-order valence-electron chi connectivity index (χ4n) is 2.60. The van der Waals surface area contributed by atoms with Crippen LogP contribution in [0.5, 0.6) is 0 Å².